The third-order valence-corrected chi connectivity index (χ3v) is 8.53. The van der Waals surface area contributed by atoms with Crippen LogP contribution in [0.25, 0.3) is 5.57 Å². The maximum absolute atomic E-state index is 13.2. The zero-order valence-corrected chi connectivity index (χ0v) is 18.6. The Bertz CT molecular complexity index is 1080. The summed E-state index contributed by atoms with van der Waals surface area (Å²) in [5, 5.41) is 0. The highest BCUT2D eigenvalue weighted by atomic mass is 79.9. The first kappa shape index (κ1) is 19.8. The summed E-state index contributed by atoms with van der Waals surface area (Å²) < 4.78 is 24.8. The van der Waals surface area contributed by atoms with Crippen molar-refractivity contribution in [2.75, 3.05) is 23.0 Å². The molecule has 0 bridgehead atoms. The van der Waals surface area contributed by atoms with Crippen molar-refractivity contribution in [1.82, 2.24) is 4.90 Å². The minimum atomic E-state index is -3.17. The zero-order chi connectivity index (χ0) is 20.2. The number of hydrogen-bond acceptors (Lipinski definition) is 6. The van der Waals surface area contributed by atoms with Gasteiger partial charge in [-0.1, -0.05) is 46.0 Å². The van der Waals surface area contributed by atoms with Crippen LogP contribution < -0.4 is 4.90 Å². The largest absolute Gasteiger partial charge is 0.304 e. The van der Waals surface area contributed by atoms with Crippen molar-refractivity contribution >= 4 is 77.1 Å². The van der Waals surface area contributed by atoms with Crippen molar-refractivity contribution < 1.29 is 18.0 Å². The van der Waals surface area contributed by atoms with Gasteiger partial charge in [-0.2, -0.15) is 0 Å². The summed E-state index contributed by atoms with van der Waals surface area (Å²) in [5.74, 6) is -0.734. The number of hydrogen-bond donors (Lipinski definition) is 0. The van der Waals surface area contributed by atoms with Gasteiger partial charge in [0, 0.05) is 16.6 Å². The number of sulfone groups is 1. The smallest absolute Gasteiger partial charge is 0.267 e. The van der Waals surface area contributed by atoms with Gasteiger partial charge in [0.1, 0.15) is 4.32 Å². The molecule has 1 atom stereocenters. The Kier molecular flexibility index (Phi) is 5.01. The Morgan fingerprint density at radius 3 is 2.71 bits per heavy atom. The molecule has 1 aromatic rings. The second kappa shape index (κ2) is 7.08. The van der Waals surface area contributed by atoms with E-state index in [1.165, 1.54) is 4.90 Å². The van der Waals surface area contributed by atoms with Crippen molar-refractivity contribution in [2.24, 2.45) is 0 Å². The summed E-state index contributed by atoms with van der Waals surface area (Å²) in [7, 11) is -3.17. The van der Waals surface area contributed by atoms with E-state index >= 15 is 0 Å². The standard InChI is InChI=1S/C18H15BrN2O4S3/c1-2-6-20-13-4-3-10(19)8-12(13)14(16(20)22)15-17(23)21(18(26)27-15)11-5-7-28(24,25)9-11/h2-4,8,11H,1,5-7,9H2/b15-14+/t11-/m1/s1. The van der Waals surface area contributed by atoms with Crippen LogP contribution in [-0.4, -0.2) is 53.5 Å². The summed E-state index contributed by atoms with van der Waals surface area (Å²) >= 11 is 9.86. The molecule has 0 spiro atoms. The van der Waals surface area contributed by atoms with Gasteiger partial charge < -0.3 is 4.90 Å². The molecule has 10 heteroatoms. The van der Waals surface area contributed by atoms with Gasteiger partial charge in [0.2, 0.25) is 0 Å². The predicted octanol–water partition coefficient (Wildman–Crippen LogP) is 2.74. The van der Waals surface area contributed by atoms with Crippen LogP contribution in [0, 0.1) is 0 Å². The van der Waals surface area contributed by atoms with Crippen molar-refractivity contribution in [1.29, 1.82) is 0 Å². The molecule has 0 radical (unpaired) electrons. The van der Waals surface area contributed by atoms with Gasteiger partial charge in [0.25, 0.3) is 11.8 Å². The second-order valence-electron chi connectivity index (χ2n) is 6.67. The molecule has 2 amide bonds. The van der Waals surface area contributed by atoms with Gasteiger partial charge in [-0.3, -0.25) is 14.5 Å². The molecule has 0 aliphatic carbocycles. The average Bonchev–Trinajstić information content (AvgIpc) is 3.20. The van der Waals surface area contributed by atoms with Crippen molar-refractivity contribution in [3.05, 3.63) is 45.8 Å². The molecule has 0 saturated carbocycles. The van der Waals surface area contributed by atoms with Gasteiger partial charge in [-0.15, -0.1) is 6.58 Å². The lowest BCUT2D eigenvalue weighted by Gasteiger charge is -2.21. The Morgan fingerprint density at radius 1 is 1.32 bits per heavy atom. The number of carbonyl (C=O) groups excluding carboxylic acids is 2. The van der Waals surface area contributed by atoms with E-state index < -0.39 is 21.8 Å². The Balaban J connectivity index is 1.80. The van der Waals surface area contributed by atoms with E-state index in [1.807, 2.05) is 12.1 Å². The highest BCUT2D eigenvalue weighted by Crippen LogP contribution is 2.46. The molecule has 0 aromatic heterocycles. The third-order valence-electron chi connectivity index (χ3n) is 4.89. The lowest BCUT2D eigenvalue weighted by atomic mass is 10.1. The molecular formula is C18H15BrN2O4S3. The summed E-state index contributed by atoms with van der Waals surface area (Å²) in [6.45, 7) is 4.02. The number of thiocarbonyl (C=S) groups is 1. The SMILES string of the molecule is C=CCN1C(=O)/C(=C2/SC(=S)N([C@@H]3CCS(=O)(=O)C3)C2=O)c2cc(Br)ccc21. The van der Waals surface area contributed by atoms with Crippen LogP contribution in [-0.2, 0) is 19.4 Å². The van der Waals surface area contributed by atoms with Crippen LogP contribution in [0.5, 0.6) is 0 Å². The molecular weight excluding hydrogens is 484 g/mol. The quantitative estimate of drug-likeness (QED) is 0.362. The van der Waals surface area contributed by atoms with Gasteiger partial charge in [0.15, 0.2) is 9.84 Å². The second-order valence-corrected chi connectivity index (χ2v) is 11.5. The average molecular weight is 499 g/mol. The van der Waals surface area contributed by atoms with E-state index in [9.17, 15) is 18.0 Å². The topological polar surface area (TPSA) is 74.8 Å². The Morgan fingerprint density at radius 2 is 2.07 bits per heavy atom. The fourth-order valence-electron chi connectivity index (χ4n) is 3.66. The third kappa shape index (κ3) is 3.16. The molecule has 3 aliphatic rings. The first-order valence-electron chi connectivity index (χ1n) is 8.46. The lowest BCUT2D eigenvalue weighted by Crippen LogP contribution is -2.39. The molecule has 0 unspecified atom stereocenters. The first-order valence-corrected chi connectivity index (χ1v) is 12.3. The lowest BCUT2D eigenvalue weighted by molar-refractivity contribution is -0.123. The van der Waals surface area contributed by atoms with Crippen LogP contribution in [0.15, 0.2) is 40.2 Å². The minimum absolute atomic E-state index is 0.0441. The molecule has 3 heterocycles. The first-order chi connectivity index (χ1) is 13.2. The minimum Gasteiger partial charge on any atom is -0.304 e. The number of rotatable bonds is 3. The molecule has 4 rings (SSSR count). The fourth-order valence-corrected chi connectivity index (χ4v) is 7.19. The van der Waals surface area contributed by atoms with E-state index in [2.05, 4.69) is 22.5 Å². The Labute approximate surface area is 180 Å². The van der Waals surface area contributed by atoms with Gasteiger partial charge >= 0.3 is 0 Å². The van der Waals surface area contributed by atoms with Crippen molar-refractivity contribution in [3.8, 4) is 0 Å². The number of amides is 2. The molecule has 6 nitrogen and oxygen atoms in total. The van der Waals surface area contributed by atoms with Crippen LogP contribution >= 0.6 is 39.9 Å². The molecule has 3 aliphatic heterocycles. The summed E-state index contributed by atoms with van der Waals surface area (Å²) in [6.07, 6.45) is 1.98. The monoisotopic (exact) mass is 498 g/mol. The molecule has 28 heavy (non-hydrogen) atoms. The molecule has 2 fully saturated rings. The molecule has 0 N–H and O–H groups in total. The number of anilines is 1. The van der Waals surface area contributed by atoms with E-state index in [1.54, 1.807) is 17.0 Å². The number of carbonyl (C=O) groups is 2. The van der Waals surface area contributed by atoms with Gasteiger partial charge in [-0.05, 0) is 24.6 Å². The van der Waals surface area contributed by atoms with Crippen LogP contribution in [0.4, 0.5) is 5.69 Å². The number of fused-ring (bicyclic) bond motifs is 1. The number of benzene rings is 1. The van der Waals surface area contributed by atoms with E-state index in [4.69, 9.17) is 12.2 Å². The van der Waals surface area contributed by atoms with Crippen molar-refractivity contribution in [3.63, 3.8) is 0 Å². The predicted molar refractivity (Wildman–Crippen MR) is 118 cm³/mol. The normalized spacial score (nSPS) is 26.3. The number of nitrogens with zero attached hydrogens (tertiary/aromatic N) is 2. The Hall–Kier alpha value is -1.49. The molecule has 2 saturated heterocycles. The van der Waals surface area contributed by atoms with Crippen LogP contribution in [0.1, 0.15) is 12.0 Å². The van der Waals surface area contributed by atoms with E-state index in [0.717, 1.165) is 16.2 Å². The summed E-state index contributed by atoms with van der Waals surface area (Å²) in [4.78, 5) is 29.5. The number of thioether (sulfide) groups is 1. The molecule has 1 aromatic carbocycles. The summed E-state index contributed by atoms with van der Waals surface area (Å²) in [5.41, 5.74) is 1.66. The molecule has 146 valence electrons. The summed E-state index contributed by atoms with van der Waals surface area (Å²) in [6, 6.07) is 4.98. The maximum atomic E-state index is 13.2. The van der Waals surface area contributed by atoms with E-state index in [0.29, 0.717) is 34.1 Å². The fraction of sp³-hybridized carbons (Fsp3) is 0.278. The van der Waals surface area contributed by atoms with Crippen molar-refractivity contribution in [2.45, 2.75) is 12.5 Å². The highest BCUT2D eigenvalue weighted by Gasteiger charge is 2.46. The highest BCUT2D eigenvalue weighted by molar-refractivity contribution is 9.10. The van der Waals surface area contributed by atoms with Gasteiger partial charge in [-0.25, -0.2) is 8.42 Å². The zero-order valence-electron chi connectivity index (χ0n) is 14.6. The number of halogens is 1. The van der Waals surface area contributed by atoms with Gasteiger partial charge in [0.05, 0.1) is 33.7 Å². The van der Waals surface area contributed by atoms with Crippen LogP contribution in [0.3, 0.4) is 0 Å². The maximum Gasteiger partial charge on any atom is 0.267 e. The van der Waals surface area contributed by atoms with Crippen LogP contribution in [0.2, 0.25) is 0 Å². The van der Waals surface area contributed by atoms with E-state index in [-0.39, 0.29) is 22.3 Å².